The monoisotopic (exact) mass is 602 g/mol. The number of phenolic OH excluding ortho intramolecular Hbond substituents is 1. The Kier molecular flexibility index (Phi) is 6.83. The van der Waals surface area contributed by atoms with E-state index in [0.717, 1.165) is 36.2 Å². The van der Waals surface area contributed by atoms with E-state index >= 15 is 0 Å². The average molecular weight is 603 g/mol. The zero-order valence-corrected chi connectivity index (χ0v) is 25.4. The van der Waals surface area contributed by atoms with Gasteiger partial charge in [0.2, 0.25) is 10.0 Å². The molecule has 9 heteroatoms. The van der Waals surface area contributed by atoms with Crippen LogP contribution in [0.2, 0.25) is 0 Å². The molecule has 2 fully saturated rings. The summed E-state index contributed by atoms with van der Waals surface area (Å²) in [7, 11) is -2.07. The quantitative estimate of drug-likeness (QED) is 0.387. The zero-order chi connectivity index (χ0) is 30.0. The van der Waals surface area contributed by atoms with Crippen LogP contribution in [0.5, 0.6) is 11.5 Å². The Balaban J connectivity index is 1.31. The molecule has 43 heavy (non-hydrogen) atoms. The fourth-order valence-electron chi connectivity index (χ4n) is 8.69. The van der Waals surface area contributed by atoms with Gasteiger partial charge in [0.25, 0.3) is 0 Å². The molecular formula is C34H38N2O6S. The molecule has 0 aromatic heterocycles. The first-order chi connectivity index (χ1) is 20.7. The van der Waals surface area contributed by atoms with Gasteiger partial charge < -0.3 is 14.6 Å². The van der Waals surface area contributed by atoms with Crippen molar-refractivity contribution < 1.29 is 27.8 Å². The van der Waals surface area contributed by atoms with E-state index in [9.17, 15) is 18.3 Å². The molecule has 2 aliphatic carbocycles. The summed E-state index contributed by atoms with van der Waals surface area (Å²) in [6.45, 7) is 3.03. The standard InChI is InChI=1S/C34H38N2O6S/c1-23(37)42-34-17-15-27(35(2)43(39,40)22-25-11-7-4-8-12-25)32-33(34)18-20-36(19-16-24-9-5-3-6-10-24)29(34)21-26-13-14-28(38)31(41-32)30(26)33/h3-14,27,29,32,38H,15-22H2,1-2H3/t27?,29-,32?,33+,34-/m1/s1. The normalized spacial score (nSPS) is 29.1. The van der Waals surface area contributed by atoms with Crippen LogP contribution in [0, 0.1) is 0 Å². The van der Waals surface area contributed by atoms with Crippen molar-refractivity contribution in [3.05, 3.63) is 95.1 Å². The number of ether oxygens (including phenoxy) is 2. The third-order valence-corrected chi connectivity index (χ3v) is 12.3. The Labute approximate surface area is 253 Å². The van der Waals surface area contributed by atoms with Gasteiger partial charge in [0.1, 0.15) is 11.7 Å². The lowest BCUT2D eigenvalue weighted by molar-refractivity contribution is -0.221. The Bertz CT molecular complexity index is 1650. The van der Waals surface area contributed by atoms with Crippen LogP contribution in [0.4, 0.5) is 0 Å². The van der Waals surface area contributed by atoms with Crippen LogP contribution in [0.15, 0.2) is 72.8 Å². The van der Waals surface area contributed by atoms with E-state index in [-0.39, 0.29) is 23.5 Å². The van der Waals surface area contributed by atoms with Gasteiger partial charge in [-0.3, -0.25) is 9.69 Å². The maximum absolute atomic E-state index is 13.8. The molecule has 5 atom stereocenters. The van der Waals surface area contributed by atoms with Crippen LogP contribution in [0.3, 0.4) is 0 Å². The molecule has 0 radical (unpaired) electrons. The van der Waals surface area contributed by atoms with Crippen LogP contribution < -0.4 is 4.74 Å². The van der Waals surface area contributed by atoms with Gasteiger partial charge >= 0.3 is 5.97 Å². The lowest BCUT2D eigenvalue weighted by atomic mass is 9.48. The summed E-state index contributed by atoms with van der Waals surface area (Å²) in [5, 5.41) is 11.0. The fourth-order valence-corrected chi connectivity index (χ4v) is 10.1. The van der Waals surface area contributed by atoms with Crippen molar-refractivity contribution >= 4 is 16.0 Å². The van der Waals surface area contributed by atoms with Gasteiger partial charge in [0.15, 0.2) is 11.5 Å². The summed E-state index contributed by atoms with van der Waals surface area (Å²) in [6, 6.07) is 22.6. The number of piperidine rings is 1. The minimum Gasteiger partial charge on any atom is -0.504 e. The molecule has 2 bridgehead atoms. The SMILES string of the molecule is CC(=O)O[C@@]12CCC(N(C)S(=O)(=O)Cc3ccccc3)C3Oc4c(O)ccc5c4[C@@]31CCN(CCc1ccccc1)[C@@H]2C5. The van der Waals surface area contributed by atoms with Crippen LogP contribution >= 0.6 is 0 Å². The lowest BCUT2D eigenvalue weighted by Gasteiger charge is -2.65. The van der Waals surface area contributed by atoms with Gasteiger partial charge in [0.05, 0.1) is 23.3 Å². The fraction of sp³-hybridized carbons (Fsp3) is 0.441. The molecule has 226 valence electrons. The molecule has 0 amide bonds. The van der Waals surface area contributed by atoms with E-state index in [4.69, 9.17) is 9.47 Å². The summed E-state index contributed by atoms with van der Waals surface area (Å²) < 4.78 is 42.3. The molecule has 3 aromatic carbocycles. The number of likely N-dealkylation sites (N-methyl/N-ethyl adjacent to an activating group) is 1. The van der Waals surface area contributed by atoms with Gasteiger partial charge in [-0.15, -0.1) is 0 Å². The second-order valence-electron chi connectivity index (χ2n) is 12.5. The van der Waals surface area contributed by atoms with Crippen molar-refractivity contribution in [3.8, 4) is 11.5 Å². The number of carbonyl (C=O) groups is 1. The van der Waals surface area contributed by atoms with Crippen molar-refractivity contribution in [1.82, 2.24) is 9.21 Å². The van der Waals surface area contributed by atoms with Crippen LogP contribution in [0.25, 0.3) is 0 Å². The largest absolute Gasteiger partial charge is 0.504 e. The van der Waals surface area contributed by atoms with Crippen LogP contribution in [0.1, 0.15) is 48.4 Å². The number of likely N-dealkylation sites (tertiary alicyclic amines) is 1. The highest BCUT2D eigenvalue weighted by Crippen LogP contribution is 2.67. The molecule has 2 heterocycles. The van der Waals surface area contributed by atoms with Gasteiger partial charge in [-0.2, -0.15) is 4.31 Å². The number of rotatable bonds is 8. The van der Waals surface area contributed by atoms with Crippen LogP contribution in [-0.4, -0.2) is 72.6 Å². The van der Waals surface area contributed by atoms with Gasteiger partial charge in [-0.05, 0) is 61.4 Å². The summed E-state index contributed by atoms with van der Waals surface area (Å²) in [5.74, 6) is -0.0167. The van der Waals surface area contributed by atoms with Crippen molar-refractivity contribution in [2.45, 2.75) is 74.0 Å². The first-order valence-corrected chi connectivity index (χ1v) is 16.8. The molecule has 1 N–H and O–H groups in total. The van der Waals surface area contributed by atoms with Crippen molar-refractivity contribution in [1.29, 1.82) is 0 Å². The Morgan fingerprint density at radius 1 is 1.05 bits per heavy atom. The number of sulfonamides is 1. The molecule has 1 spiro atoms. The highest BCUT2D eigenvalue weighted by Gasteiger charge is 2.75. The third-order valence-electron chi connectivity index (χ3n) is 10.5. The lowest BCUT2D eigenvalue weighted by Crippen LogP contribution is -2.79. The highest BCUT2D eigenvalue weighted by molar-refractivity contribution is 7.88. The molecule has 8 nitrogen and oxygen atoms in total. The molecule has 4 aliphatic rings. The molecule has 7 rings (SSSR count). The maximum Gasteiger partial charge on any atom is 0.303 e. The highest BCUT2D eigenvalue weighted by atomic mass is 32.2. The van der Waals surface area contributed by atoms with Crippen molar-refractivity contribution in [2.75, 3.05) is 20.1 Å². The number of aromatic hydroxyl groups is 1. The molecule has 2 aliphatic heterocycles. The smallest absolute Gasteiger partial charge is 0.303 e. The molecule has 2 unspecified atom stereocenters. The summed E-state index contributed by atoms with van der Waals surface area (Å²) in [5.41, 5.74) is 2.25. The molecule has 1 saturated carbocycles. The molecule has 1 saturated heterocycles. The third kappa shape index (κ3) is 4.30. The van der Waals surface area contributed by atoms with Gasteiger partial charge in [-0.1, -0.05) is 66.7 Å². The predicted octanol–water partition coefficient (Wildman–Crippen LogP) is 4.19. The number of esters is 1. The van der Waals surface area contributed by atoms with Crippen molar-refractivity contribution in [3.63, 3.8) is 0 Å². The number of carbonyl (C=O) groups excluding carboxylic acids is 1. The minimum atomic E-state index is -3.71. The second-order valence-corrected chi connectivity index (χ2v) is 14.6. The number of benzene rings is 3. The van der Waals surface area contributed by atoms with Crippen molar-refractivity contribution in [2.24, 2.45) is 0 Å². The number of phenols is 1. The van der Waals surface area contributed by atoms with E-state index in [1.807, 2.05) is 42.5 Å². The first-order valence-electron chi connectivity index (χ1n) is 15.2. The first kappa shape index (κ1) is 28.4. The molecular weight excluding hydrogens is 564 g/mol. The van der Waals surface area contributed by atoms with E-state index in [1.165, 1.54) is 16.8 Å². The maximum atomic E-state index is 13.8. The number of hydrogen-bond acceptors (Lipinski definition) is 7. The molecule has 3 aromatic rings. The van der Waals surface area contributed by atoms with Crippen LogP contribution in [-0.2, 0) is 43.6 Å². The van der Waals surface area contributed by atoms with E-state index < -0.39 is 33.2 Å². The number of hydrogen-bond donors (Lipinski definition) is 1. The van der Waals surface area contributed by atoms with Gasteiger partial charge in [0, 0.05) is 26.1 Å². The van der Waals surface area contributed by atoms with E-state index in [1.54, 1.807) is 13.1 Å². The average Bonchev–Trinajstić information content (AvgIpc) is 3.34. The Morgan fingerprint density at radius 2 is 1.74 bits per heavy atom. The zero-order valence-electron chi connectivity index (χ0n) is 24.6. The summed E-state index contributed by atoms with van der Waals surface area (Å²) >= 11 is 0. The van der Waals surface area contributed by atoms with E-state index in [0.29, 0.717) is 31.4 Å². The number of nitrogens with zero attached hydrogens (tertiary/aromatic N) is 2. The summed E-state index contributed by atoms with van der Waals surface area (Å²) in [4.78, 5) is 15.4. The minimum absolute atomic E-state index is 0.0396. The van der Waals surface area contributed by atoms with Gasteiger partial charge in [-0.25, -0.2) is 8.42 Å². The Morgan fingerprint density at radius 3 is 2.44 bits per heavy atom. The topological polar surface area (TPSA) is 96.4 Å². The summed E-state index contributed by atoms with van der Waals surface area (Å²) in [6.07, 6.45) is 2.52. The Hall–Kier alpha value is -3.40. The van der Waals surface area contributed by atoms with E-state index in [2.05, 4.69) is 29.2 Å². The predicted molar refractivity (Wildman–Crippen MR) is 162 cm³/mol. The second kappa shape index (κ2) is 10.4.